The number of nitrogens with zero attached hydrogens (tertiary/aromatic N) is 1. The van der Waals surface area contributed by atoms with Gasteiger partial charge in [-0.2, -0.15) is 13.2 Å². The highest BCUT2D eigenvalue weighted by Crippen LogP contribution is 2.41. The topological polar surface area (TPSA) is 24.5 Å². The molecule has 0 aromatic heterocycles. The monoisotopic (exact) mass is 474 g/mol. The number of para-hydroxylation sites is 1. The number of rotatable bonds is 6. The van der Waals surface area contributed by atoms with Crippen LogP contribution < -0.4 is 10.1 Å². The summed E-state index contributed by atoms with van der Waals surface area (Å²) in [5.74, 6) is 0.636. The fourth-order valence-corrected chi connectivity index (χ4v) is 4.41. The normalized spacial score (nSPS) is 16.2. The van der Waals surface area contributed by atoms with E-state index in [1.54, 1.807) is 0 Å². The molecule has 0 saturated carbocycles. The Morgan fingerprint density at radius 1 is 0.909 bits per heavy atom. The van der Waals surface area contributed by atoms with Crippen molar-refractivity contribution in [3.63, 3.8) is 0 Å². The molecule has 0 amide bonds. The molecule has 1 saturated heterocycles. The number of hydrogen-bond donors (Lipinski definition) is 1. The number of halogens is 4. The summed E-state index contributed by atoms with van der Waals surface area (Å²) in [7, 11) is 0. The minimum absolute atomic E-state index is 0.308. The molecule has 0 bridgehead atoms. The maximum absolute atomic E-state index is 13.6. The minimum Gasteiger partial charge on any atom is -0.489 e. The Kier molecular flexibility index (Phi) is 7.58. The molecule has 1 aliphatic heterocycles. The van der Waals surface area contributed by atoms with Crippen LogP contribution in [0.1, 0.15) is 34.7 Å². The van der Waals surface area contributed by atoms with E-state index in [9.17, 15) is 13.2 Å². The maximum atomic E-state index is 13.6. The van der Waals surface area contributed by atoms with Gasteiger partial charge < -0.3 is 10.1 Å². The van der Waals surface area contributed by atoms with Gasteiger partial charge in [0.25, 0.3) is 0 Å². The summed E-state index contributed by atoms with van der Waals surface area (Å²) in [6.45, 7) is 3.40. The lowest BCUT2D eigenvalue weighted by atomic mass is 9.94. The smallest absolute Gasteiger partial charge is 0.416 e. The molecule has 3 aromatic carbocycles. The second kappa shape index (κ2) is 10.6. The van der Waals surface area contributed by atoms with E-state index in [0.717, 1.165) is 43.2 Å². The van der Waals surface area contributed by atoms with Gasteiger partial charge in [-0.25, -0.2) is 0 Å². The van der Waals surface area contributed by atoms with Crippen LogP contribution in [0.25, 0.3) is 0 Å². The molecule has 174 valence electrons. The minimum atomic E-state index is -4.45. The van der Waals surface area contributed by atoms with Crippen molar-refractivity contribution in [1.82, 2.24) is 10.2 Å². The summed E-state index contributed by atoms with van der Waals surface area (Å²) in [6.07, 6.45) is -3.56. The third kappa shape index (κ3) is 5.88. The van der Waals surface area contributed by atoms with E-state index >= 15 is 0 Å². The summed E-state index contributed by atoms with van der Waals surface area (Å²) in [6, 6.07) is 20.4. The number of benzene rings is 3. The zero-order chi connectivity index (χ0) is 23.3. The fraction of sp³-hybridized carbons (Fsp3) is 0.308. The van der Waals surface area contributed by atoms with E-state index in [1.807, 2.05) is 54.6 Å². The Morgan fingerprint density at radius 2 is 1.67 bits per heavy atom. The first-order valence-electron chi connectivity index (χ1n) is 11.0. The number of alkyl halides is 3. The van der Waals surface area contributed by atoms with E-state index in [1.165, 1.54) is 12.1 Å². The largest absolute Gasteiger partial charge is 0.489 e. The van der Waals surface area contributed by atoms with Gasteiger partial charge in [0, 0.05) is 30.2 Å². The third-order valence-electron chi connectivity index (χ3n) is 5.81. The molecule has 7 heteroatoms. The Hall–Kier alpha value is -2.54. The molecule has 1 N–H and O–H groups in total. The lowest BCUT2D eigenvalue weighted by Crippen LogP contribution is -2.33. The van der Waals surface area contributed by atoms with Gasteiger partial charge in [0.15, 0.2) is 0 Å². The SMILES string of the molecule is FC(F)(F)c1ccc(Cl)c(C(c2ccccc2OCc2ccccc2)N2CCCNCC2)c1. The van der Waals surface area contributed by atoms with Crippen molar-refractivity contribution in [3.05, 3.63) is 100 Å². The van der Waals surface area contributed by atoms with Crippen molar-refractivity contribution in [2.24, 2.45) is 0 Å². The van der Waals surface area contributed by atoms with Crippen LogP contribution in [-0.4, -0.2) is 31.1 Å². The average Bonchev–Trinajstić information content (AvgIpc) is 3.09. The van der Waals surface area contributed by atoms with Crippen LogP contribution >= 0.6 is 11.6 Å². The molecular weight excluding hydrogens is 449 g/mol. The van der Waals surface area contributed by atoms with Crippen molar-refractivity contribution in [1.29, 1.82) is 0 Å². The van der Waals surface area contributed by atoms with Gasteiger partial charge in [-0.3, -0.25) is 4.90 Å². The van der Waals surface area contributed by atoms with Crippen molar-refractivity contribution >= 4 is 11.6 Å². The predicted molar refractivity (Wildman–Crippen MR) is 125 cm³/mol. The zero-order valence-corrected chi connectivity index (χ0v) is 18.9. The van der Waals surface area contributed by atoms with Crippen LogP contribution in [0, 0.1) is 0 Å². The van der Waals surface area contributed by atoms with Crippen LogP contribution in [0.2, 0.25) is 5.02 Å². The van der Waals surface area contributed by atoms with Gasteiger partial charge in [-0.1, -0.05) is 60.1 Å². The Morgan fingerprint density at radius 3 is 2.45 bits per heavy atom. The lowest BCUT2D eigenvalue weighted by molar-refractivity contribution is -0.137. The highest BCUT2D eigenvalue weighted by atomic mass is 35.5. The van der Waals surface area contributed by atoms with E-state index in [4.69, 9.17) is 16.3 Å². The first-order valence-corrected chi connectivity index (χ1v) is 11.4. The van der Waals surface area contributed by atoms with Crippen LogP contribution in [0.4, 0.5) is 13.2 Å². The van der Waals surface area contributed by atoms with Crippen molar-refractivity contribution in [2.75, 3.05) is 26.2 Å². The van der Waals surface area contributed by atoms with Crippen LogP contribution in [0.3, 0.4) is 0 Å². The molecule has 0 aliphatic carbocycles. The summed E-state index contributed by atoms with van der Waals surface area (Å²) in [5, 5.41) is 3.67. The van der Waals surface area contributed by atoms with E-state index in [-0.39, 0.29) is 0 Å². The second-order valence-corrected chi connectivity index (χ2v) is 8.50. The van der Waals surface area contributed by atoms with Crippen molar-refractivity contribution < 1.29 is 17.9 Å². The van der Waals surface area contributed by atoms with E-state index in [2.05, 4.69) is 10.2 Å². The van der Waals surface area contributed by atoms with Crippen LogP contribution in [0.15, 0.2) is 72.8 Å². The highest BCUT2D eigenvalue weighted by molar-refractivity contribution is 6.31. The van der Waals surface area contributed by atoms with E-state index in [0.29, 0.717) is 29.5 Å². The summed E-state index contributed by atoms with van der Waals surface area (Å²) in [4.78, 5) is 2.19. The number of hydrogen-bond acceptors (Lipinski definition) is 3. The molecule has 4 rings (SSSR count). The molecule has 1 aliphatic rings. The van der Waals surface area contributed by atoms with E-state index < -0.39 is 17.8 Å². The predicted octanol–water partition coefficient (Wildman–Crippen LogP) is 6.32. The summed E-state index contributed by atoms with van der Waals surface area (Å²) in [5.41, 5.74) is 1.54. The maximum Gasteiger partial charge on any atom is 0.416 e. The number of nitrogens with one attached hydrogen (secondary N) is 1. The molecule has 1 heterocycles. The van der Waals surface area contributed by atoms with Crippen LogP contribution in [-0.2, 0) is 12.8 Å². The Balaban J connectivity index is 1.77. The zero-order valence-electron chi connectivity index (χ0n) is 18.1. The molecule has 3 aromatic rings. The molecule has 0 radical (unpaired) electrons. The Bertz CT molecular complexity index is 1050. The first-order chi connectivity index (χ1) is 15.9. The molecule has 1 atom stereocenters. The molecule has 33 heavy (non-hydrogen) atoms. The van der Waals surface area contributed by atoms with Gasteiger partial charge in [-0.05, 0) is 48.4 Å². The molecule has 1 fully saturated rings. The standard InChI is InChI=1S/C26H26ClF3N2O/c27-23-12-11-20(26(28,29)30)17-22(23)25(32-15-6-13-31-14-16-32)21-9-4-5-10-24(21)33-18-19-7-2-1-3-8-19/h1-5,7-12,17,25,31H,6,13-16,18H2. The highest BCUT2D eigenvalue weighted by Gasteiger charge is 2.34. The van der Waals surface area contributed by atoms with Gasteiger partial charge in [0.05, 0.1) is 11.6 Å². The second-order valence-electron chi connectivity index (χ2n) is 8.09. The van der Waals surface area contributed by atoms with Gasteiger partial charge >= 0.3 is 6.18 Å². The quantitative estimate of drug-likeness (QED) is 0.452. The first kappa shape index (κ1) is 23.6. The van der Waals surface area contributed by atoms with Crippen molar-refractivity contribution in [3.8, 4) is 5.75 Å². The molecule has 1 unspecified atom stereocenters. The lowest BCUT2D eigenvalue weighted by Gasteiger charge is -2.33. The van der Waals surface area contributed by atoms with Gasteiger partial charge in [0.2, 0.25) is 0 Å². The van der Waals surface area contributed by atoms with Crippen LogP contribution in [0.5, 0.6) is 5.75 Å². The molecular formula is C26H26ClF3N2O. The average molecular weight is 475 g/mol. The number of ether oxygens (including phenoxy) is 1. The third-order valence-corrected chi connectivity index (χ3v) is 6.15. The Labute approximate surface area is 197 Å². The summed E-state index contributed by atoms with van der Waals surface area (Å²) < 4.78 is 46.9. The fourth-order valence-electron chi connectivity index (χ4n) is 4.19. The summed E-state index contributed by atoms with van der Waals surface area (Å²) >= 11 is 6.53. The molecule has 0 spiro atoms. The van der Waals surface area contributed by atoms with Gasteiger partial charge in [0.1, 0.15) is 12.4 Å². The van der Waals surface area contributed by atoms with Crippen molar-refractivity contribution in [2.45, 2.75) is 25.2 Å². The molecule has 3 nitrogen and oxygen atoms in total. The van der Waals surface area contributed by atoms with Gasteiger partial charge in [-0.15, -0.1) is 0 Å².